The standard InChI is InChI=1S/C22H25N3O2/c1-17-15-18(9-12-23-17)20(26)24-13-5-10-22(16-24)11-6-14-25(21(22)27)19-7-3-2-4-8-19/h2-4,7-9,12,15H,5-6,10-11,13-14,16H2,1H3. The molecule has 4 rings (SSSR count). The van der Waals surface area contributed by atoms with Gasteiger partial charge in [0.05, 0.1) is 5.41 Å². The number of rotatable bonds is 2. The SMILES string of the molecule is Cc1cc(C(=O)N2CCCC3(CCCN(c4ccccc4)C3=O)C2)ccn1. The van der Waals surface area contributed by atoms with Gasteiger partial charge in [0, 0.05) is 42.8 Å². The lowest BCUT2D eigenvalue weighted by atomic mass is 9.72. The second-order valence-corrected chi connectivity index (χ2v) is 7.69. The van der Waals surface area contributed by atoms with Crippen LogP contribution in [0.2, 0.25) is 0 Å². The summed E-state index contributed by atoms with van der Waals surface area (Å²) < 4.78 is 0. The molecule has 1 aromatic carbocycles. The smallest absolute Gasteiger partial charge is 0.254 e. The van der Waals surface area contributed by atoms with Crippen LogP contribution in [-0.2, 0) is 4.79 Å². The Morgan fingerprint density at radius 1 is 1.07 bits per heavy atom. The molecule has 27 heavy (non-hydrogen) atoms. The van der Waals surface area contributed by atoms with E-state index >= 15 is 0 Å². The Bertz CT molecular complexity index is 848. The third-order valence-corrected chi connectivity index (χ3v) is 5.81. The van der Waals surface area contributed by atoms with Gasteiger partial charge in [-0.3, -0.25) is 14.6 Å². The number of hydrogen-bond donors (Lipinski definition) is 0. The van der Waals surface area contributed by atoms with Crippen LogP contribution in [0.4, 0.5) is 5.69 Å². The molecule has 1 spiro atoms. The molecule has 2 aromatic rings. The van der Waals surface area contributed by atoms with Gasteiger partial charge in [0.2, 0.25) is 5.91 Å². The van der Waals surface area contributed by atoms with Crippen molar-refractivity contribution in [2.24, 2.45) is 5.41 Å². The van der Waals surface area contributed by atoms with Gasteiger partial charge >= 0.3 is 0 Å². The van der Waals surface area contributed by atoms with Gasteiger partial charge in [0.1, 0.15) is 0 Å². The fraction of sp³-hybridized carbons (Fsp3) is 0.409. The molecular formula is C22H25N3O2. The molecule has 1 unspecified atom stereocenters. The molecule has 2 fully saturated rings. The highest BCUT2D eigenvalue weighted by Gasteiger charge is 2.47. The van der Waals surface area contributed by atoms with E-state index in [1.807, 2.05) is 53.1 Å². The summed E-state index contributed by atoms with van der Waals surface area (Å²) in [6.07, 6.45) is 5.22. The number of carbonyl (C=O) groups is 2. The van der Waals surface area contributed by atoms with Crippen molar-refractivity contribution in [3.8, 4) is 0 Å². The number of anilines is 1. The number of hydrogen-bond acceptors (Lipinski definition) is 3. The van der Waals surface area contributed by atoms with E-state index in [1.165, 1.54) is 0 Å². The molecule has 3 heterocycles. The van der Waals surface area contributed by atoms with E-state index in [0.717, 1.165) is 43.6 Å². The number of piperidine rings is 2. The van der Waals surface area contributed by atoms with E-state index in [9.17, 15) is 9.59 Å². The fourth-order valence-corrected chi connectivity index (χ4v) is 4.47. The second-order valence-electron chi connectivity index (χ2n) is 7.69. The van der Waals surface area contributed by atoms with Crippen LogP contribution >= 0.6 is 0 Å². The predicted molar refractivity (Wildman–Crippen MR) is 105 cm³/mol. The Morgan fingerprint density at radius 2 is 1.81 bits per heavy atom. The summed E-state index contributed by atoms with van der Waals surface area (Å²) >= 11 is 0. The van der Waals surface area contributed by atoms with Gasteiger partial charge in [0.25, 0.3) is 5.91 Å². The predicted octanol–water partition coefficient (Wildman–Crippen LogP) is 3.44. The minimum absolute atomic E-state index is 0.00390. The number of pyridine rings is 1. The highest BCUT2D eigenvalue weighted by molar-refractivity contribution is 6.00. The third-order valence-electron chi connectivity index (χ3n) is 5.81. The first-order chi connectivity index (χ1) is 13.1. The first kappa shape index (κ1) is 17.7. The lowest BCUT2D eigenvalue weighted by molar-refractivity contribution is -0.133. The molecule has 5 heteroatoms. The maximum absolute atomic E-state index is 13.4. The first-order valence-corrected chi connectivity index (χ1v) is 9.68. The molecule has 0 N–H and O–H groups in total. The van der Waals surface area contributed by atoms with Crippen LogP contribution in [0.3, 0.4) is 0 Å². The van der Waals surface area contributed by atoms with Crippen LogP contribution in [0.5, 0.6) is 0 Å². The van der Waals surface area contributed by atoms with Crippen molar-refractivity contribution < 1.29 is 9.59 Å². The molecule has 2 aliphatic heterocycles. The minimum atomic E-state index is -0.454. The molecule has 1 aromatic heterocycles. The lowest BCUT2D eigenvalue weighted by Gasteiger charge is -2.47. The van der Waals surface area contributed by atoms with Crippen LogP contribution in [0.15, 0.2) is 48.7 Å². The second kappa shape index (κ2) is 7.14. The molecule has 2 saturated heterocycles. The normalized spacial score (nSPS) is 22.9. The highest BCUT2D eigenvalue weighted by atomic mass is 16.2. The molecule has 2 amide bonds. The average Bonchev–Trinajstić information content (AvgIpc) is 2.70. The fourth-order valence-electron chi connectivity index (χ4n) is 4.47. The van der Waals surface area contributed by atoms with Crippen molar-refractivity contribution in [1.82, 2.24) is 9.88 Å². The lowest BCUT2D eigenvalue weighted by Crippen LogP contribution is -2.57. The van der Waals surface area contributed by atoms with Crippen molar-refractivity contribution in [2.75, 3.05) is 24.5 Å². The van der Waals surface area contributed by atoms with Gasteiger partial charge in [-0.2, -0.15) is 0 Å². The van der Waals surface area contributed by atoms with Crippen LogP contribution in [0.1, 0.15) is 41.7 Å². The van der Waals surface area contributed by atoms with Gasteiger partial charge in [-0.25, -0.2) is 0 Å². The van der Waals surface area contributed by atoms with Gasteiger partial charge in [-0.05, 0) is 56.9 Å². The van der Waals surface area contributed by atoms with Crippen molar-refractivity contribution in [2.45, 2.75) is 32.6 Å². The zero-order chi connectivity index (χ0) is 18.9. The summed E-state index contributed by atoms with van der Waals surface area (Å²) in [4.78, 5) is 34.4. The van der Waals surface area contributed by atoms with Gasteiger partial charge < -0.3 is 9.80 Å². The highest BCUT2D eigenvalue weighted by Crippen LogP contribution is 2.41. The third kappa shape index (κ3) is 3.34. The molecular weight excluding hydrogens is 338 g/mol. The summed E-state index contributed by atoms with van der Waals surface area (Å²) in [5.74, 6) is 0.174. The molecule has 2 aliphatic rings. The zero-order valence-corrected chi connectivity index (χ0v) is 15.7. The first-order valence-electron chi connectivity index (χ1n) is 9.68. The van der Waals surface area contributed by atoms with Crippen molar-refractivity contribution >= 4 is 17.5 Å². The van der Waals surface area contributed by atoms with E-state index in [2.05, 4.69) is 4.98 Å². The molecule has 0 saturated carbocycles. The molecule has 0 radical (unpaired) electrons. The summed E-state index contributed by atoms with van der Waals surface area (Å²) in [6.45, 7) is 3.86. The maximum Gasteiger partial charge on any atom is 0.254 e. The van der Waals surface area contributed by atoms with Gasteiger partial charge in [-0.1, -0.05) is 18.2 Å². The van der Waals surface area contributed by atoms with Crippen LogP contribution in [-0.4, -0.2) is 41.3 Å². The number of likely N-dealkylation sites (tertiary alicyclic amines) is 1. The quantitative estimate of drug-likeness (QED) is 0.821. The topological polar surface area (TPSA) is 53.5 Å². The van der Waals surface area contributed by atoms with E-state index in [-0.39, 0.29) is 11.8 Å². The van der Waals surface area contributed by atoms with Gasteiger partial charge in [-0.15, -0.1) is 0 Å². The Kier molecular flexibility index (Phi) is 4.68. The van der Waals surface area contributed by atoms with Crippen LogP contribution in [0.25, 0.3) is 0 Å². The van der Waals surface area contributed by atoms with Crippen LogP contribution < -0.4 is 4.90 Å². The summed E-state index contributed by atoms with van der Waals surface area (Å²) in [5.41, 5.74) is 1.98. The van der Waals surface area contributed by atoms with E-state index < -0.39 is 5.41 Å². The average molecular weight is 363 g/mol. The van der Waals surface area contributed by atoms with E-state index in [4.69, 9.17) is 0 Å². The number of benzene rings is 1. The van der Waals surface area contributed by atoms with Crippen molar-refractivity contribution in [3.05, 3.63) is 59.9 Å². The molecule has 1 atom stereocenters. The Balaban J connectivity index is 1.57. The maximum atomic E-state index is 13.4. The molecule has 5 nitrogen and oxygen atoms in total. The summed E-state index contributed by atoms with van der Waals surface area (Å²) in [6, 6.07) is 13.5. The van der Waals surface area contributed by atoms with E-state index in [0.29, 0.717) is 18.7 Å². The van der Waals surface area contributed by atoms with Crippen molar-refractivity contribution in [1.29, 1.82) is 0 Å². The summed E-state index contributed by atoms with van der Waals surface area (Å²) in [7, 11) is 0. The molecule has 0 bridgehead atoms. The number of aromatic nitrogens is 1. The number of aryl methyl sites for hydroxylation is 1. The number of nitrogens with zero attached hydrogens (tertiary/aromatic N) is 3. The monoisotopic (exact) mass is 363 g/mol. The van der Waals surface area contributed by atoms with Gasteiger partial charge in [0.15, 0.2) is 0 Å². The van der Waals surface area contributed by atoms with Crippen LogP contribution in [0, 0.1) is 12.3 Å². The van der Waals surface area contributed by atoms with E-state index in [1.54, 1.807) is 12.3 Å². The Hall–Kier alpha value is -2.69. The number of carbonyl (C=O) groups excluding carboxylic acids is 2. The molecule has 140 valence electrons. The Labute approximate surface area is 160 Å². The number of para-hydroxylation sites is 1. The Morgan fingerprint density at radius 3 is 2.56 bits per heavy atom. The number of amides is 2. The van der Waals surface area contributed by atoms with Crippen molar-refractivity contribution in [3.63, 3.8) is 0 Å². The summed E-state index contributed by atoms with van der Waals surface area (Å²) in [5, 5.41) is 0. The molecule has 0 aliphatic carbocycles. The largest absolute Gasteiger partial charge is 0.338 e. The minimum Gasteiger partial charge on any atom is -0.338 e. The zero-order valence-electron chi connectivity index (χ0n) is 15.7.